The van der Waals surface area contributed by atoms with Crippen LogP contribution in [-0.4, -0.2) is 4.98 Å². The maximum atomic E-state index is 13.7. The highest BCUT2D eigenvalue weighted by Crippen LogP contribution is 2.36. The van der Waals surface area contributed by atoms with Crippen LogP contribution >= 0.6 is 0 Å². The Kier molecular flexibility index (Phi) is 7.76. The van der Waals surface area contributed by atoms with Crippen LogP contribution in [0.1, 0.15) is 66.0 Å². The van der Waals surface area contributed by atoms with Crippen LogP contribution in [0.15, 0.2) is 91.4 Å². The minimum absolute atomic E-state index is 0.363. The van der Waals surface area contributed by atoms with Gasteiger partial charge in [-0.1, -0.05) is 48.5 Å². The summed E-state index contributed by atoms with van der Waals surface area (Å²) in [4.78, 5) is 4.56. The summed E-state index contributed by atoms with van der Waals surface area (Å²) in [7, 11) is 0. The fraction of sp³-hybridized carbons (Fsp3) is 0.241. The summed E-state index contributed by atoms with van der Waals surface area (Å²) < 4.78 is 54.7. The maximum absolute atomic E-state index is 13.7. The van der Waals surface area contributed by atoms with E-state index in [4.69, 9.17) is 0 Å². The molecule has 0 aliphatic carbocycles. The van der Waals surface area contributed by atoms with Crippen LogP contribution < -0.4 is 10.0 Å². The number of rotatable bonds is 9. The Morgan fingerprint density at radius 1 is 0.838 bits per heavy atom. The molecule has 0 saturated heterocycles. The predicted octanol–water partition coefficient (Wildman–Crippen LogP) is 7.31. The molecule has 0 aliphatic rings. The molecule has 2 heterocycles. The molecule has 37 heavy (non-hydrogen) atoms. The second-order valence-electron chi connectivity index (χ2n) is 9.41. The lowest BCUT2D eigenvalue weighted by molar-refractivity contribution is -0.605. The largest absolute Gasteiger partial charge is 0.619 e. The lowest BCUT2D eigenvalue weighted by Crippen LogP contribution is -2.28. The quantitative estimate of drug-likeness (QED) is 0.146. The summed E-state index contributed by atoms with van der Waals surface area (Å²) in [6, 6.07) is 20.5. The summed E-state index contributed by atoms with van der Waals surface area (Å²) in [5, 5.41) is 14.9. The summed E-state index contributed by atoms with van der Waals surface area (Å²) in [5.41, 5.74) is 1.31. The van der Waals surface area contributed by atoms with Crippen molar-refractivity contribution in [1.29, 1.82) is 0 Å². The van der Waals surface area contributed by atoms with Crippen LogP contribution in [0, 0.1) is 5.21 Å². The van der Waals surface area contributed by atoms with Crippen molar-refractivity contribution in [3.63, 3.8) is 0 Å². The van der Waals surface area contributed by atoms with Gasteiger partial charge in [0, 0.05) is 35.4 Å². The molecule has 1 atom stereocenters. The number of hydrogen-bond acceptors (Lipinski definition) is 3. The molecule has 0 aliphatic heterocycles. The number of nitrogens with zero attached hydrogens (tertiary/aromatic N) is 2. The zero-order valence-electron chi connectivity index (χ0n) is 20.4. The van der Waals surface area contributed by atoms with Crippen LogP contribution in [0.2, 0.25) is 0 Å². The predicted molar refractivity (Wildman–Crippen MR) is 135 cm³/mol. The number of benzene rings is 2. The average Bonchev–Trinajstić information content (AvgIpc) is 2.89. The standard InChI is InChI=1S/C29H27F4N3O/c1-29(2,22-6-4-3-5-7-22)35-26-11-9-21(18-34-26)24(16-19-12-14-36(37)15-13-19)20-8-10-23(27(30)31)25(17-20)28(32)33/h3-15,17-18,24,27-28H,16H2,1-2H3,(H,34,35)/t24-/m1/s1. The van der Waals surface area contributed by atoms with Gasteiger partial charge in [-0.2, -0.15) is 4.73 Å². The third-order valence-electron chi connectivity index (χ3n) is 6.42. The molecule has 1 N–H and O–H groups in total. The molecule has 4 nitrogen and oxygen atoms in total. The van der Waals surface area contributed by atoms with Crippen molar-refractivity contribution in [3.05, 3.63) is 130 Å². The van der Waals surface area contributed by atoms with Gasteiger partial charge in [-0.3, -0.25) is 0 Å². The van der Waals surface area contributed by atoms with Crippen molar-refractivity contribution in [1.82, 2.24) is 4.98 Å². The van der Waals surface area contributed by atoms with Crippen LogP contribution in [0.5, 0.6) is 0 Å². The van der Waals surface area contributed by atoms with E-state index in [0.29, 0.717) is 22.5 Å². The van der Waals surface area contributed by atoms with Crippen LogP contribution in [0.25, 0.3) is 0 Å². The molecule has 192 valence electrons. The maximum Gasteiger partial charge on any atom is 0.264 e. The van der Waals surface area contributed by atoms with Gasteiger partial charge in [-0.05, 0) is 54.7 Å². The molecular weight excluding hydrogens is 482 g/mol. The SMILES string of the molecule is CC(C)(Nc1ccc([C@H](Cc2cc[n+]([O-])cc2)c2ccc(C(F)F)c(C(F)F)c2)cn1)c1ccccc1. The van der Waals surface area contributed by atoms with Gasteiger partial charge < -0.3 is 10.5 Å². The van der Waals surface area contributed by atoms with Gasteiger partial charge in [-0.15, -0.1) is 0 Å². The van der Waals surface area contributed by atoms with Crippen molar-refractivity contribution < 1.29 is 22.3 Å². The summed E-state index contributed by atoms with van der Waals surface area (Å²) in [6.07, 6.45) is -1.31. The number of alkyl halides is 4. The van der Waals surface area contributed by atoms with Gasteiger partial charge in [0.25, 0.3) is 12.9 Å². The monoisotopic (exact) mass is 509 g/mol. The van der Waals surface area contributed by atoms with Crippen molar-refractivity contribution in [2.45, 2.75) is 44.6 Å². The van der Waals surface area contributed by atoms with Gasteiger partial charge in [0.05, 0.1) is 5.54 Å². The van der Waals surface area contributed by atoms with Crippen LogP contribution in [-0.2, 0) is 12.0 Å². The minimum atomic E-state index is -3.04. The Hall–Kier alpha value is -3.94. The molecule has 2 aromatic heterocycles. The van der Waals surface area contributed by atoms with E-state index >= 15 is 0 Å². The highest BCUT2D eigenvalue weighted by Gasteiger charge is 2.24. The molecule has 0 fully saturated rings. The topological polar surface area (TPSA) is 51.9 Å². The highest BCUT2D eigenvalue weighted by atomic mass is 19.3. The second-order valence-corrected chi connectivity index (χ2v) is 9.41. The molecule has 2 aromatic carbocycles. The molecule has 4 rings (SSSR count). The van der Waals surface area contributed by atoms with E-state index in [9.17, 15) is 22.8 Å². The second kappa shape index (κ2) is 11.0. The first kappa shape index (κ1) is 26.1. The van der Waals surface area contributed by atoms with E-state index < -0.39 is 35.4 Å². The molecule has 0 saturated carbocycles. The number of anilines is 1. The zero-order valence-corrected chi connectivity index (χ0v) is 20.4. The van der Waals surface area contributed by atoms with Crippen molar-refractivity contribution in [2.24, 2.45) is 0 Å². The molecule has 0 bridgehead atoms. The third-order valence-corrected chi connectivity index (χ3v) is 6.42. The Bertz CT molecular complexity index is 1310. The summed E-state index contributed by atoms with van der Waals surface area (Å²) in [6.45, 7) is 4.07. The lowest BCUT2D eigenvalue weighted by atomic mass is 9.85. The number of pyridine rings is 2. The van der Waals surface area contributed by atoms with E-state index in [1.807, 2.05) is 56.3 Å². The normalized spacial score (nSPS) is 12.6. The van der Waals surface area contributed by atoms with Gasteiger partial charge in [0.15, 0.2) is 12.4 Å². The molecule has 8 heteroatoms. The Morgan fingerprint density at radius 2 is 1.49 bits per heavy atom. The fourth-order valence-electron chi connectivity index (χ4n) is 4.37. The molecule has 0 amide bonds. The first-order valence-electron chi connectivity index (χ1n) is 11.8. The Balaban J connectivity index is 1.68. The minimum Gasteiger partial charge on any atom is -0.619 e. The highest BCUT2D eigenvalue weighted by molar-refractivity contribution is 5.45. The van der Waals surface area contributed by atoms with E-state index in [1.54, 1.807) is 18.3 Å². The number of hydrogen-bond donors (Lipinski definition) is 1. The molecular formula is C29H27F4N3O. The zero-order chi connectivity index (χ0) is 26.6. The van der Waals surface area contributed by atoms with Gasteiger partial charge in [-0.25, -0.2) is 22.5 Å². The van der Waals surface area contributed by atoms with E-state index in [2.05, 4.69) is 10.3 Å². The molecule has 4 aromatic rings. The van der Waals surface area contributed by atoms with E-state index in [0.717, 1.165) is 28.8 Å². The Labute approximate surface area is 213 Å². The van der Waals surface area contributed by atoms with Gasteiger partial charge in [0.1, 0.15) is 5.82 Å². The van der Waals surface area contributed by atoms with Crippen molar-refractivity contribution >= 4 is 5.82 Å². The van der Waals surface area contributed by atoms with E-state index in [-0.39, 0.29) is 0 Å². The molecule has 0 spiro atoms. The third kappa shape index (κ3) is 6.25. The van der Waals surface area contributed by atoms with E-state index in [1.165, 1.54) is 18.5 Å². The molecule has 0 radical (unpaired) electrons. The molecule has 0 unspecified atom stereocenters. The van der Waals surface area contributed by atoms with Gasteiger partial charge in [0.2, 0.25) is 0 Å². The van der Waals surface area contributed by atoms with Crippen molar-refractivity contribution in [3.8, 4) is 0 Å². The number of halogens is 4. The van der Waals surface area contributed by atoms with Crippen LogP contribution in [0.3, 0.4) is 0 Å². The van der Waals surface area contributed by atoms with Gasteiger partial charge >= 0.3 is 0 Å². The summed E-state index contributed by atoms with van der Waals surface area (Å²) >= 11 is 0. The Morgan fingerprint density at radius 3 is 2.08 bits per heavy atom. The number of aromatic nitrogens is 2. The fourth-order valence-corrected chi connectivity index (χ4v) is 4.37. The van der Waals surface area contributed by atoms with Crippen LogP contribution in [0.4, 0.5) is 23.4 Å². The van der Waals surface area contributed by atoms with Crippen molar-refractivity contribution in [2.75, 3.05) is 5.32 Å². The number of nitrogens with one attached hydrogen (secondary N) is 1. The smallest absolute Gasteiger partial charge is 0.264 e. The average molecular weight is 510 g/mol. The summed E-state index contributed by atoms with van der Waals surface area (Å²) in [5.74, 6) is 0.181. The first-order valence-corrected chi connectivity index (χ1v) is 11.8. The lowest BCUT2D eigenvalue weighted by Gasteiger charge is -2.28. The first-order chi connectivity index (χ1) is 17.6.